The number of aromatic carboxylic acids is 1. The van der Waals surface area contributed by atoms with E-state index in [0.29, 0.717) is 22.6 Å². The van der Waals surface area contributed by atoms with Crippen LogP contribution in [0, 0.1) is 0 Å². The number of nitrogens with zero attached hydrogens (tertiary/aromatic N) is 1. The molecule has 3 aromatic rings. The van der Waals surface area contributed by atoms with Gasteiger partial charge in [-0.15, -0.1) is 0 Å². The summed E-state index contributed by atoms with van der Waals surface area (Å²) >= 11 is 0. The fraction of sp³-hybridized carbons (Fsp3) is 0. The summed E-state index contributed by atoms with van der Waals surface area (Å²) in [4.78, 5) is 18.0. The average molecular weight is 269 g/mol. The molecule has 0 spiro atoms. The summed E-state index contributed by atoms with van der Waals surface area (Å²) in [7, 11) is 0. The number of benzene rings is 1. The molecule has 2 heterocycles. The Morgan fingerprint density at radius 3 is 2.70 bits per heavy atom. The summed E-state index contributed by atoms with van der Waals surface area (Å²) in [6.07, 6.45) is 1.73. The Bertz CT molecular complexity index is 824. The van der Waals surface area contributed by atoms with E-state index in [-0.39, 0.29) is 11.3 Å². The molecule has 0 aliphatic heterocycles. The van der Waals surface area contributed by atoms with Gasteiger partial charge in [0, 0.05) is 17.1 Å². The summed E-state index contributed by atoms with van der Waals surface area (Å²) in [6, 6.07) is 7.67. The first kappa shape index (κ1) is 12.0. The molecule has 5 N–H and O–H groups in total. The first-order valence-corrected chi connectivity index (χ1v) is 5.86. The van der Waals surface area contributed by atoms with Crippen LogP contribution in [0.3, 0.4) is 0 Å². The molecular formula is C14H11N3O3. The number of nitrogens with two attached hydrogens (primary N) is 1. The van der Waals surface area contributed by atoms with Crippen molar-refractivity contribution in [2.24, 2.45) is 0 Å². The first-order chi connectivity index (χ1) is 9.56. The second-order valence-electron chi connectivity index (χ2n) is 4.37. The van der Waals surface area contributed by atoms with Gasteiger partial charge in [-0.25, -0.2) is 9.78 Å². The maximum atomic E-state index is 10.9. The third kappa shape index (κ3) is 1.83. The number of fused-ring (bicyclic) bond motifs is 1. The Kier molecular flexibility index (Phi) is 2.57. The van der Waals surface area contributed by atoms with Gasteiger partial charge < -0.3 is 20.9 Å². The number of pyridine rings is 1. The molecule has 2 aromatic heterocycles. The highest BCUT2D eigenvalue weighted by molar-refractivity contribution is 5.97. The predicted molar refractivity (Wildman–Crippen MR) is 74.6 cm³/mol. The normalized spacial score (nSPS) is 10.8. The molecule has 100 valence electrons. The summed E-state index contributed by atoms with van der Waals surface area (Å²) in [6.45, 7) is 0. The number of aromatic amines is 1. The lowest BCUT2D eigenvalue weighted by molar-refractivity contribution is 0.0696. The third-order valence-electron chi connectivity index (χ3n) is 3.08. The number of aromatic hydroxyl groups is 1. The van der Waals surface area contributed by atoms with E-state index in [0.717, 1.165) is 5.39 Å². The first-order valence-electron chi connectivity index (χ1n) is 5.86. The van der Waals surface area contributed by atoms with Crippen molar-refractivity contribution in [3.63, 3.8) is 0 Å². The van der Waals surface area contributed by atoms with Crippen molar-refractivity contribution in [1.82, 2.24) is 9.97 Å². The lowest BCUT2D eigenvalue weighted by Crippen LogP contribution is -1.96. The highest BCUT2D eigenvalue weighted by Gasteiger charge is 2.13. The summed E-state index contributed by atoms with van der Waals surface area (Å²) in [5, 5.41) is 19.8. The van der Waals surface area contributed by atoms with Crippen molar-refractivity contribution >= 4 is 22.8 Å². The number of phenols is 1. The van der Waals surface area contributed by atoms with Gasteiger partial charge in [0.25, 0.3) is 0 Å². The minimum atomic E-state index is -1.09. The smallest absolute Gasteiger partial charge is 0.335 e. The van der Waals surface area contributed by atoms with Gasteiger partial charge in [0.05, 0.1) is 5.56 Å². The van der Waals surface area contributed by atoms with Crippen molar-refractivity contribution in [2.75, 3.05) is 5.73 Å². The SMILES string of the molecule is Nc1cc(-c2ccc(C(=O)O)cc2O)c2cc[nH]c2n1. The molecule has 0 saturated heterocycles. The molecule has 0 aliphatic carbocycles. The van der Waals surface area contributed by atoms with Crippen LogP contribution < -0.4 is 5.73 Å². The summed E-state index contributed by atoms with van der Waals surface area (Å²) in [5.41, 5.74) is 7.59. The van der Waals surface area contributed by atoms with E-state index in [1.54, 1.807) is 18.3 Å². The van der Waals surface area contributed by atoms with E-state index in [2.05, 4.69) is 9.97 Å². The van der Waals surface area contributed by atoms with Gasteiger partial charge in [-0.05, 0) is 35.9 Å². The van der Waals surface area contributed by atoms with Crippen LogP contribution in [0.4, 0.5) is 5.82 Å². The number of nitrogen functional groups attached to an aromatic ring is 1. The second kappa shape index (κ2) is 4.27. The van der Waals surface area contributed by atoms with Gasteiger partial charge in [0.1, 0.15) is 17.2 Å². The van der Waals surface area contributed by atoms with Crippen LogP contribution in [0.25, 0.3) is 22.2 Å². The van der Waals surface area contributed by atoms with Crippen molar-refractivity contribution in [3.05, 3.63) is 42.1 Å². The van der Waals surface area contributed by atoms with Crippen LogP contribution in [-0.2, 0) is 0 Å². The maximum Gasteiger partial charge on any atom is 0.335 e. The molecule has 6 nitrogen and oxygen atoms in total. The topological polar surface area (TPSA) is 112 Å². The fourth-order valence-electron chi connectivity index (χ4n) is 2.17. The highest BCUT2D eigenvalue weighted by atomic mass is 16.4. The monoisotopic (exact) mass is 269 g/mol. The number of rotatable bonds is 2. The molecule has 0 amide bonds. The van der Waals surface area contributed by atoms with E-state index in [1.807, 2.05) is 6.07 Å². The minimum absolute atomic E-state index is 0.0265. The Morgan fingerprint density at radius 2 is 2.00 bits per heavy atom. The standard InChI is InChI=1S/C14H11N3O3/c15-12-6-10(9-3-4-16-13(9)17-12)8-2-1-7(14(19)20)5-11(8)18/h1-6,18H,(H,19,20)(H3,15,16,17). The fourth-order valence-corrected chi connectivity index (χ4v) is 2.17. The van der Waals surface area contributed by atoms with Crippen molar-refractivity contribution in [2.45, 2.75) is 0 Å². The predicted octanol–water partition coefficient (Wildman–Crippen LogP) is 2.22. The van der Waals surface area contributed by atoms with Gasteiger partial charge in [-0.2, -0.15) is 0 Å². The Labute approximate surface area is 113 Å². The number of H-pyrrole nitrogens is 1. The molecule has 1 aromatic carbocycles. The molecule has 6 heteroatoms. The van der Waals surface area contributed by atoms with E-state index in [4.69, 9.17) is 10.8 Å². The molecule has 0 radical (unpaired) electrons. The van der Waals surface area contributed by atoms with Crippen LogP contribution in [0.15, 0.2) is 36.5 Å². The van der Waals surface area contributed by atoms with Gasteiger partial charge in [-0.1, -0.05) is 0 Å². The number of nitrogens with one attached hydrogen (secondary N) is 1. The minimum Gasteiger partial charge on any atom is -0.507 e. The number of hydrogen-bond acceptors (Lipinski definition) is 4. The van der Waals surface area contributed by atoms with E-state index >= 15 is 0 Å². The average Bonchev–Trinajstić information content (AvgIpc) is 2.85. The van der Waals surface area contributed by atoms with Gasteiger partial charge in [0.15, 0.2) is 0 Å². The van der Waals surface area contributed by atoms with Gasteiger partial charge in [0.2, 0.25) is 0 Å². The molecule has 0 bridgehead atoms. The Morgan fingerprint density at radius 1 is 1.20 bits per heavy atom. The third-order valence-corrected chi connectivity index (χ3v) is 3.08. The molecule has 0 fully saturated rings. The van der Waals surface area contributed by atoms with Gasteiger partial charge >= 0.3 is 5.97 Å². The molecular weight excluding hydrogens is 258 g/mol. The number of aromatic nitrogens is 2. The number of carboxylic acids is 1. The Hall–Kier alpha value is -3.02. The summed E-state index contributed by atoms with van der Waals surface area (Å²) in [5.74, 6) is -0.887. The lowest BCUT2D eigenvalue weighted by Gasteiger charge is -2.08. The van der Waals surface area contributed by atoms with Crippen molar-refractivity contribution in [1.29, 1.82) is 0 Å². The van der Waals surface area contributed by atoms with Crippen LogP contribution in [-0.4, -0.2) is 26.2 Å². The number of carbonyl (C=O) groups is 1. The van der Waals surface area contributed by atoms with Crippen molar-refractivity contribution < 1.29 is 15.0 Å². The van der Waals surface area contributed by atoms with Crippen LogP contribution in [0.1, 0.15) is 10.4 Å². The number of anilines is 1. The maximum absolute atomic E-state index is 10.9. The molecule has 0 aliphatic rings. The lowest BCUT2D eigenvalue weighted by atomic mass is 10.0. The number of carboxylic acid groups (broad SMARTS) is 1. The summed E-state index contributed by atoms with van der Waals surface area (Å²) < 4.78 is 0. The van der Waals surface area contributed by atoms with Gasteiger partial charge in [-0.3, -0.25) is 0 Å². The largest absolute Gasteiger partial charge is 0.507 e. The molecule has 20 heavy (non-hydrogen) atoms. The highest BCUT2D eigenvalue weighted by Crippen LogP contribution is 2.35. The number of phenolic OH excluding ortho intramolecular Hbond substituents is 1. The second-order valence-corrected chi connectivity index (χ2v) is 4.37. The zero-order valence-corrected chi connectivity index (χ0v) is 10.3. The molecule has 0 unspecified atom stereocenters. The van der Waals surface area contributed by atoms with Crippen LogP contribution in [0.2, 0.25) is 0 Å². The van der Waals surface area contributed by atoms with Crippen molar-refractivity contribution in [3.8, 4) is 16.9 Å². The van der Waals surface area contributed by atoms with E-state index < -0.39 is 5.97 Å². The zero-order valence-electron chi connectivity index (χ0n) is 10.3. The van der Waals surface area contributed by atoms with Crippen LogP contribution >= 0.6 is 0 Å². The molecule has 3 rings (SSSR count). The van der Waals surface area contributed by atoms with E-state index in [9.17, 15) is 9.90 Å². The molecule has 0 atom stereocenters. The number of hydrogen-bond donors (Lipinski definition) is 4. The Balaban J connectivity index is 2.25. The van der Waals surface area contributed by atoms with E-state index in [1.165, 1.54) is 12.1 Å². The molecule has 0 saturated carbocycles. The quantitative estimate of drug-likeness (QED) is 0.569. The zero-order chi connectivity index (χ0) is 14.3. The van der Waals surface area contributed by atoms with Crippen LogP contribution in [0.5, 0.6) is 5.75 Å².